The van der Waals surface area contributed by atoms with E-state index in [1.54, 1.807) is 0 Å². The van der Waals surface area contributed by atoms with Gasteiger partial charge in [0.1, 0.15) is 6.61 Å². The van der Waals surface area contributed by atoms with Gasteiger partial charge in [0.15, 0.2) is 5.75 Å². The standard InChI is InChI=1S/C14H13N3O3/c15-8-11-6-13(17(18)19)14(7-12(11)16)20-9-10-4-2-1-3-5-10/h1-8,15H,9,16H2. The van der Waals surface area contributed by atoms with E-state index >= 15 is 0 Å². The summed E-state index contributed by atoms with van der Waals surface area (Å²) in [6, 6.07) is 11.9. The molecule has 0 spiro atoms. The van der Waals surface area contributed by atoms with Gasteiger partial charge >= 0.3 is 5.69 Å². The van der Waals surface area contributed by atoms with Gasteiger partial charge in [-0.2, -0.15) is 0 Å². The molecule has 0 aliphatic rings. The average Bonchev–Trinajstić information content (AvgIpc) is 2.46. The lowest BCUT2D eigenvalue weighted by molar-refractivity contribution is -0.385. The van der Waals surface area contributed by atoms with Crippen LogP contribution in [0.25, 0.3) is 0 Å². The molecule has 2 aromatic rings. The third-order valence-electron chi connectivity index (χ3n) is 2.75. The lowest BCUT2D eigenvalue weighted by Crippen LogP contribution is -2.02. The third kappa shape index (κ3) is 2.92. The van der Waals surface area contributed by atoms with Crippen molar-refractivity contribution in [3.05, 3.63) is 63.7 Å². The molecular formula is C14H13N3O3. The highest BCUT2D eigenvalue weighted by Crippen LogP contribution is 2.31. The third-order valence-corrected chi connectivity index (χ3v) is 2.75. The van der Waals surface area contributed by atoms with Crippen LogP contribution in [0.3, 0.4) is 0 Å². The van der Waals surface area contributed by atoms with Crippen LogP contribution in [-0.4, -0.2) is 11.1 Å². The predicted octanol–water partition coefficient (Wildman–Crippen LogP) is 2.75. The first-order valence-electron chi connectivity index (χ1n) is 5.87. The van der Waals surface area contributed by atoms with Gasteiger partial charge in [0.2, 0.25) is 0 Å². The molecule has 3 N–H and O–H groups in total. The minimum absolute atomic E-state index is 0.0990. The van der Waals surface area contributed by atoms with Crippen molar-refractivity contribution in [3.63, 3.8) is 0 Å². The van der Waals surface area contributed by atoms with Crippen LogP contribution in [0.2, 0.25) is 0 Å². The van der Waals surface area contributed by atoms with E-state index in [1.807, 2.05) is 30.3 Å². The summed E-state index contributed by atoms with van der Waals surface area (Å²) in [6.07, 6.45) is 0.976. The number of nitrogens with zero attached hydrogens (tertiary/aromatic N) is 1. The molecular weight excluding hydrogens is 258 g/mol. The molecule has 102 valence electrons. The van der Waals surface area contributed by atoms with Crippen molar-refractivity contribution in [2.24, 2.45) is 0 Å². The molecule has 0 saturated carbocycles. The lowest BCUT2D eigenvalue weighted by Gasteiger charge is -2.09. The van der Waals surface area contributed by atoms with Crippen LogP contribution >= 0.6 is 0 Å². The molecule has 0 aromatic heterocycles. The van der Waals surface area contributed by atoms with Crippen LogP contribution in [-0.2, 0) is 6.61 Å². The van der Waals surface area contributed by atoms with Crippen LogP contribution < -0.4 is 10.5 Å². The van der Waals surface area contributed by atoms with Gasteiger partial charge in [-0.05, 0) is 5.56 Å². The highest BCUT2D eigenvalue weighted by Gasteiger charge is 2.18. The first-order valence-corrected chi connectivity index (χ1v) is 5.87. The normalized spacial score (nSPS) is 10.0. The molecule has 2 aromatic carbocycles. The average molecular weight is 271 g/mol. The summed E-state index contributed by atoms with van der Waals surface area (Å²) in [5.74, 6) is 0.0990. The molecule has 0 unspecified atom stereocenters. The monoisotopic (exact) mass is 271 g/mol. The largest absolute Gasteiger partial charge is 0.482 e. The van der Waals surface area contributed by atoms with Crippen molar-refractivity contribution in [1.82, 2.24) is 0 Å². The Kier molecular flexibility index (Phi) is 3.95. The van der Waals surface area contributed by atoms with Gasteiger partial charge in [-0.3, -0.25) is 10.1 Å². The van der Waals surface area contributed by atoms with Crippen LogP contribution in [0.5, 0.6) is 5.75 Å². The maximum Gasteiger partial charge on any atom is 0.311 e. The molecule has 0 bridgehead atoms. The minimum Gasteiger partial charge on any atom is -0.482 e. The van der Waals surface area contributed by atoms with Gasteiger partial charge in [0.05, 0.1) is 4.92 Å². The van der Waals surface area contributed by atoms with Crippen molar-refractivity contribution in [2.45, 2.75) is 6.61 Å². The summed E-state index contributed by atoms with van der Waals surface area (Å²) >= 11 is 0. The Morgan fingerprint density at radius 2 is 2.00 bits per heavy atom. The molecule has 20 heavy (non-hydrogen) atoms. The zero-order chi connectivity index (χ0) is 14.5. The Hall–Kier alpha value is -2.89. The van der Waals surface area contributed by atoms with Crippen LogP contribution in [0.1, 0.15) is 11.1 Å². The maximum absolute atomic E-state index is 11.0. The minimum atomic E-state index is -0.549. The Morgan fingerprint density at radius 3 is 2.60 bits per heavy atom. The van der Waals surface area contributed by atoms with Crippen molar-refractivity contribution >= 4 is 17.6 Å². The predicted molar refractivity (Wildman–Crippen MR) is 76.2 cm³/mol. The van der Waals surface area contributed by atoms with Gasteiger partial charge in [0.25, 0.3) is 0 Å². The fourth-order valence-corrected chi connectivity index (χ4v) is 1.72. The van der Waals surface area contributed by atoms with Crippen molar-refractivity contribution in [1.29, 1.82) is 5.41 Å². The second-order valence-corrected chi connectivity index (χ2v) is 4.12. The smallest absolute Gasteiger partial charge is 0.311 e. The van der Waals surface area contributed by atoms with E-state index in [9.17, 15) is 10.1 Å². The summed E-state index contributed by atoms with van der Waals surface area (Å²) in [7, 11) is 0. The molecule has 6 nitrogen and oxygen atoms in total. The zero-order valence-corrected chi connectivity index (χ0v) is 10.6. The number of ether oxygens (including phenoxy) is 1. The zero-order valence-electron chi connectivity index (χ0n) is 10.6. The summed E-state index contributed by atoms with van der Waals surface area (Å²) in [5, 5.41) is 18.2. The number of nitrogens with one attached hydrogen (secondary N) is 1. The van der Waals surface area contributed by atoms with Gasteiger partial charge < -0.3 is 15.9 Å². The molecule has 0 radical (unpaired) electrons. The Balaban J connectivity index is 2.28. The highest BCUT2D eigenvalue weighted by molar-refractivity contribution is 5.87. The molecule has 0 amide bonds. The summed E-state index contributed by atoms with van der Waals surface area (Å²) in [5.41, 5.74) is 6.98. The Morgan fingerprint density at radius 1 is 1.30 bits per heavy atom. The second-order valence-electron chi connectivity index (χ2n) is 4.12. The fraction of sp³-hybridized carbons (Fsp3) is 0.0714. The maximum atomic E-state index is 11.0. The van der Waals surface area contributed by atoms with E-state index in [2.05, 4.69) is 0 Å². The molecule has 2 rings (SSSR count). The van der Waals surface area contributed by atoms with E-state index in [0.29, 0.717) is 5.56 Å². The summed E-state index contributed by atoms with van der Waals surface area (Å²) in [4.78, 5) is 10.5. The molecule has 0 aliphatic carbocycles. The van der Waals surface area contributed by atoms with Crippen LogP contribution in [0.4, 0.5) is 11.4 Å². The number of nitrogen functional groups attached to an aromatic ring is 1. The van der Waals surface area contributed by atoms with Gasteiger partial charge in [0, 0.05) is 29.6 Å². The second kappa shape index (κ2) is 5.83. The van der Waals surface area contributed by atoms with E-state index in [1.165, 1.54) is 12.1 Å². The van der Waals surface area contributed by atoms with E-state index in [4.69, 9.17) is 15.9 Å². The molecule has 6 heteroatoms. The topological polar surface area (TPSA) is 102 Å². The summed E-state index contributed by atoms with van der Waals surface area (Å²) in [6.45, 7) is 0.213. The number of rotatable bonds is 5. The molecule has 0 fully saturated rings. The van der Waals surface area contributed by atoms with Gasteiger partial charge in [-0.15, -0.1) is 0 Å². The number of hydrogen-bond acceptors (Lipinski definition) is 5. The quantitative estimate of drug-likeness (QED) is 0.377. The SMILES string of the molecule is N=Cc1cc([N+](=O)[O-])c(OCc2ccccc2)cc1N. The van der Waals surface area contributed by atoms with Crippen molar-refractivity contribution < 1.29 is 9.66 Å². The number of nitro groups is 1. The fourth-order valence-electron chi connectivity index (χ4n) is 1.72. The van der Waals surface area contributed by atoms with Crippen molar-refractivity contribution in [3.8, 4) is 5.75 Å². The first-order chi connectivity index (χ1) is 9.61. The van der Waals surface area contributed by atoms with Crippen LogP contribution in [0.15, 0.2) is 42.5 Å². The molecule has 0 atom stereocenters. The Bertz CT molecular complexity index is 642. The number of anilines is 1. The van der Waals surface area contributed by atoms with Gasteiger partial charge in [-0.25, -0.2) is 0 Å². The molecule has 0 aliphatic heterocycles. The summed E-state index contributed by atoms with van der Waals surface area (Å²) < 4.78 is 5.47. The van der Waals surface area contributed by atoms with Gasteiger partial charge in [-0.1, -0.05) is 30.3 Å². The number of nitrogens with two attached hydrogens (primary N) is 1. The number of hydrogen-bond donors (Lipinski definition) is 2. The van der Waals surface area contributed by atoms with E-state index in [-0.39, 0.29) is 23.7 Å². The van der Waals surface area contributed by atoms with E-state index in [0.717, 1.165) is 11.8 Å². The number of benzene rings is 2. The Labute approximate surface area is 115 Å². The van der Waals surface area contributed by atoms with Crippen molar-refractivity contribution in [2.75, 3.05) is 5.73 Å². The van der Waals surface area contributed by atoms with Crippen LogP contribution in [0, 0.1) is 15.5 Å². The van der Waals surface area contributed by atoms with E-state index < -0.39 is 4.92 Å². The molecule has 0 heterocycles. The first kappa shape index (κ1) is 13.5. The highest BCUT2D eigenvalue weighted by atomic mass is 16.6. The lowest BCUT2D eigenvalue weighted by atomic mass is 10.1. The molecule has 0 saturated heterocycles. The number of nitro benzene ring substituents is 1.